The van der Waals surface area contributed by atoms with E-state index in [-0.39, 0.29) is 0 Å². The van der Waals surface area contributed by atoms with Crippen LogP contribution < -0.4 is 0 Å². The average Bonchev–Trinajstić information content (AvgIpc) is 2.35. The van der Waals surface area contributed by atoms with Crippen LogP contribution in [0.4, 0.5) is 0 Å². The van der Waals surface area contributed by atoms with Crippen LogP contribution in [-0.2, 0) is 6.42 Å². The van der Waals surface area contributed by atoms with Crippen molar-refractivity contribution in [2.75, 3.05) is 0 Å². The molecule has 18 heavy (non-hydrogen) atoms. The van der Waals surface area contributed by atoms with Crippen LogP contribution in [0.25, 0.3) is 0 Å². The van der Waals surface area contributed by atoms with E-state index in [2.05, 4.69) is 36.8 Å². The molecule has 0 amide bonds. The van der Waals surface area contributed by atoms with E-state index in [9.17, 15) is 5.11 Å². The molecule has 2 rings (SSSR count). The molecule has 94 valence electrons. The van der Waals surface area contributed by atoms with Gasteiger partial charge in [-0.3, -0.25) is 4.98 Å². The SMILES string of the molecule is Cc1ccc(Br)cc1C(O)Cc1ccc(Br)cn1. The van der Waals surface area contributed by atoms with Crippen molar-refractivity contribution in [1.82, 2.24) is 4.98 Å². The molecule has 1 aromatic carbocycles. The molecule has 0 aliphatic carbocycles. The quantitative estimate of drug-likeness (QED) is 0.878. The largest absolute Gasteiger partial charge is 0.388 e. The summed E-state index contributed by atoms with van der Waals surface area (Å²) in [6.07, 6.45) is 1.73. The summed E-state index contributed by atoms with van der Waals surface area (Å²) in [4.78, 5) is 4.28. The molecule has 0 fully saturated rings. The van der Waals surface area contributed by atoms with Crippen LogP contribution >= 0.6 is 31.9 Å². The molecule has 2 aromatic rings. The van der Waals surface area contributed by atoms with E-state index < -0.39 is 6.10 Å². The Morgan fingerprint density at radius 2 is 1.89 bits per heavy atom. The normalized spacial score (nSPS) is 12.4. The Bertz CT molecular complexity index is 540. The highest BCUT2D eigenvalue weighted by molar-refractivity contribution is 9.10. The van der Waals surface area contributed by atoms with Crippen LogP contribution in [-0.4, -0.2) is 10.1 Å². The minimum atomic E-state index is -0.531. The van der Waals surface area contributed by atoms with Crippen LogP contribution in [0.15, 0.2) is 45.5 Å². The highest BCUT2D eigenvalue weighted by Gasteiger charge is 2.12. The number of aliphatic hydroxyl groups is 1. The summed E-state index contributed by atoms with van der Waals surface area (Å²) in [5.41, 5.74) is 2.90. The monoisotopic (exact) mass is 369 g/mol. The lowest BCUT2D eigenvalue weighted by Gasteiger charge is -2.14. The first kappa shape index (κ1) is 13.7. The molecule has 0 aliphatic heterocycles. The molecule has 2 nitrogen and oxygen atoms in total. The van der Waals surface area contributed by atoms with E-state index in [1.165, 1.54) is 0 Å². The molecular formula is C14H13Br2NO. The lowest BCUT2D eigenvalue weighted by Crippen LogP contribution is -2.05. The van der Waals surface area contributed by atoms with E-state index in [0.29, 0.717) is 6.42 Å². The van der Waals surface area contributed by atoms with Gasteiger partial charge < -0.3 is 5.11 Å². The number of aliphatic hydroxyl groups excluding tert-OH is 1. The predicted octanol–water partition coefficient (Wildman–Crippen LogP) is 4.19. The maximum absolute atomic E-state index is 10.3. The molecule has 1 heterocycles. The van der Waals surface area contributed by atoms with Gasteiger partial charge >= 0.3 is 0 Å². The van der Waals surface area contributed by atoms with Crippen molar-refractivity contribution in [2.45, 2.75) is 19.4 Å². The van der Waals surface area contributed by atoms with Gasteiger partial charge in [-0.15, -0.1) is 0 Å². The molecule has 0 bridgehead atoms. The Kier molecular flexibility index (Phi) is 4.54. The van der Waals surface area contributed by atoms with Gasteiger partial charge in [0.1, 0.15) is 0 Å². The molecule has 0 saturated carbocycles. The molecule has 1 atom stereocenters. The number of benzene rings is 1. The molecule has 0 aliphatic rings. The number of hydrogen-bond donors (Lipinski definition) is 1. The van der Waals surface area contributed by atoms with E-state index >= 15 is 0 Å². The third-order valence-electron chi connectivity index (χ3n) is 2.79. The van der Waals surface area contributed by atoms with Gasteiger partial charge in [0.05, 0.1) is 6.10 Å². The van der Waals surface area contributed by atoms with Crippen molar-refractivity contribution < 1.29 is 5.11 Å². The molecular weight excluding hydrogens is 358 g/mol. The summed E-state index contributed by atoms with van der Waals surface area (Å²) in [6.45, 7) is 2.00. The molecule has 1 N–H and O–H groups in total. The second-order valence-electron chi connectivity index (χ2n) is 4.19. The molecule has 4 heteroatoms. The predicted molar refractivity (Wildman–Crippen MR) is 79.5 cm³/mol. The van der Waals surface area contributed by atoms with E-state index in [1.54, 1.807) is 6.20 Å². The average molecular weight is 371 g/mol. The first-order valence-corrected chi connectivity index (χ1v) is 7.19. The summed E-state index contributed by atoms with van der Waals surface area (Å²) in [5, 5.41) is 10.3. The molecule has 1 aromatic heterocycles. The zero-order valence-electron chi connectivity index (χ0n) is 9.90. The number of hydrogen-bond acceptors (Lipinski definition) is 2. The fraction of sp³-hybridized carbons (Fsp3) is 0.214. The highest BCUT2D eigenvalue weighted by Crippen LogP contribution is 2.24. The summed E-state index contributed by atoms with van der Waals surface area (Å²) >= 11 is 6.77. The smallest absolute Gasteiger partial charge is 0.0848 e. The minimum Gasteiger partial charge on any atom is -0.388 e. The van der Waals surface area contributed by atoms with Crippen molar-refractivity contribution in [1.29, 1.82) is 0 Å². The standard InChI is InChI=1S/C14H13Br2NO/c1-9-2-3-10(15)6-13(9)14(18)7-12-5-4-11(16)8-17-12/h2-6,8,14,18H,7H2,1H3. The van der Waals surface area contributed by atoms with Crippen LogP contribution in [0, 0.1) is 6.92 Å². The van der Waals surface area contributed by atoms with Gasteiger partial charge in [0.15, 0.2) is 0 Å². The minimum absolute atomic E-state index is 0.518. The Balaban J connectivity index is 2.18. The highest BCUT2D eigenvalue weighted by atomic mass is 79.9. The summed E-state index contributed by atoms with van der Waals surface area (Å²) in [5.74, 6) is 0. The van der Waals surface area contributed by atoms with Crippen molar-refractivity contribution in [2.24, 2.45) is 0 Å². The van der Waals surface area contributed by atoms with E-state index in [4.69, 9.17) is 0 Å². The topological polar surface area (TPSA) is 33.1 Å². The van der Waals surface area contributed by atoms with Crippen molar-refractivity contribution >= 4 is 31.9 Å². The van der Waals surface area contributed by atoms with Gasteiger partial charge in [-0.2, -0.15) is 0 Å². The Hall–Kier alpha value is -0.710. The van der Waals surface area contributed by atoms with Crippen LogP contribution in [0.3, 0.4) is 0 Å². The lowest BCUT2D eigenvalue weighted by atomic mass is 10.00. The molecule has 1 unspecified atom stereocenters. The van der Waals surface area contributed by atoms with Gasteiger partial charge in [0.2, 0.25) is 0 Å². The zero-order valence-corrected chi connectivity index (χ0v) is 13.1. The molecule has 0 radical (unpaired) electrons. The molecule has 0 saturated heterocycles. The van der Waals surface area contributed by atoms with Crippen LogP contribution in [0.5, 0.6) is 0 Å². The maximum Gasteiger partial charge on any atom is 0.0848 e. The second-order valence-corrected chi connectivity index (χ2v) is 6.02. The fourth-order valence-corrected chi connectivity index (χ4v) is 2.42. The number of rotatable bonds is 3. The zero-order chi connectivity index (χ0) is 13.1. The van der Waals surface area contributed by atoms with Gasteiger partial charge in [0, 0.05) is 27.3 Å². The Labute approximate surface area is 123 Å². The number of nitrogens with zero attached hydrogens (tertiary/aromatic N) is 1. The van der Waals surface area contributed by atoms with Gasteiger partial charge in [0.25, 0.3) is 0 Å². The number of pyridine rings is 1. The summed E-state index contributed by atoms with van der Waals surface area (Å²) in [6, 6.07) is 9.78. The maximum atomic E-state index is 10.3. The van der Waals surface area contributed by atoms with Crippen LogP contribution in [0.1, 0.15) is 22.9 Å². The van der Waals surface area contributed by atoms with Gasteiger partial charge in [-0.05, 0) is 58.2 Å². The third kappa shape index (κ3) is 3.40. The number of aryl methyl sites for hydroxylation is 1. The van der Waals surface area contributed by atoms with Crippen molar-refractivity contribution in [3.8, 4) is 0 Å². The van der Waals surface area contributed by atoms with E-state index in [1.807, 2.05) is 37.3 Å². The molecule has 0 spiro atoms. The Morgan fingerprint density at radius 1 is 1.17 bits per heavy atom. The number of halogens is 2. The fourth-order valence-electron chi connectivity index (χ4n) is 1.81. The van der Waals surface area contributed by atoms with Crippen molar-refractivity contribution in [3.63, 3.8) is 0 Å². The first-order chi connectivity index (χ1) is 8.56. The third-order valence-corrected chi connectivity index (χ3v) is 3.75. The van der Waals surface area contributed by atoms with Crippen LogP contribution in [0.2, 0.25) is 0 Å². The van der Waals surface area contributed by atoms with E-state index in [0.717, 1.165) is 25.8 Å². The van der Waals surface area contributed by atoms with Gasteiger partial charge in [-0.25, -0.2) is 0 Å². The van der Waals surface area contributed by atoms with Crippen molar-refractivity contribution in [3.05, 3.63) is 62.3 Å². The van der Waals surface area contributed by atoms with Gasteiger partial charge in [-0.1, -0.05) is 22.0 Å². The second kappa shape index (κ2) is 5.95. The summed E-state index contributed by atoms with van der Waals surface area (Å²) in [7, 11) is 0. The summed E-state index contributed by atoms with van der Waals surface area (Å²) < 4.78 is 1.92. The Morgan fingerprint density at radius 3 is 2.56 bits per heavy atom. The number of aromatic nitrogens is 1. The lowest BCUT2D eigenvalue weighted by molar-refractivity contribution is 0.176. The first-order valence-electron chi connectivity index (χ1n) is 5.61.